The quantitative estimate of drug-likeness (QED) is 0.534. The Bertz CT molecular complexity index is 301. The fourth-order valence-electron chi connectivity index (χ4n) is 1.82. The molecule has 20 heavy (non-hydrogen) atoms. The molecule has 0 aromatic carbocycles. The minimum atomic E-state index is -1.64. The van der Waals surface area contributed by atoms with E-state index in [1.807, 2.05) is 0 Å². The van der Waals surface area contributed by atoms with E-state index < -0.39 is 8.32 Å². The molecule has 4 heteroatoms. The van der Waals surface area contributed by atoms with Crippen LogP contribution >= 0.6 is 0 Å². The summed E-state index contributed by atoms with van der Waals surface area (Å²) in [6.45, 7) is 14.9. The van der Waals surface area contributed by atoms with Crippen molar-refractivity contribution in [3.63, 3.8) is 0 Å². The SMILES string of the molecule is C[C@@H](C=CCO[Si](C)(C)C(C)(C)C)OC1CCCCO1. The van der Waals surface area contributed by atoms with E-state index in [9.17, 15) is 0 Å². The topological polar surface area (TPSA) is 27.7 Å². The van der Waals surface area contributed by atoms with Crippen molar-refractivity contribution in [1.29, 1.82) is 0 Å². The largest absolute Gasteiger partial charge is 0.413 e. The van der Waals surface area contributed by atoms with Gasteiger partial charge in [-0.2, -0.15) is 0 Å². The predicted molar refractivity (Wildman–Crippen MR) is 86.4 cm³/mol. The molecule has 0 amide bonds. The lowest BCUT2D eigenvalue weighted by Gasteiger charge is -2.35. The Labute approximate surface area is 125 Å². The number of hydrogen-bond donors (Lipinski definition) is 0. The molecular formula is C16H32O3Si. The molecule has 1 saturated heterocycles. The van der Waals surface area contributed by atoms with Crippen molar-refractivity contribution in [2.24, 2.45) is 0 Å². The lowest BCUT2D eigenvalue weighted by atomic mass is 10.2. The molecule has 1 fully saturated rings. The van der Waals surface area contributed by atoms with Gasteiger partial charge in [-0.05, 0) is 44.3 Å². The zero-order chi connectivity index (χ0) is 15.2. The number of hydrogen-bond acceptors (Lipinski definition) is 3. The summed E-state index contributed by atoms with van der Waals surface area (Å²) >= 11 is 0. The van der Waals surface area contributed by atoms with Crippen LogP contribution in [0.1, 0.15) is 47.0 Å². The first-order valence-electron chi connectivity index (χ1n) is 7.80. The smallest absolute Gasteiger partial charge is 0.192 e. The third kappa shape index (κ3) is 6.08. The van der Waals surface area contributed by atoms with Gasteiger partial charge >= 0.3 is 0 Å². The fourth-order valence-corrected chi connectivity index (χ4v) is 2.77. The third-order valence-electron chi connectivity index (χ3n) is 4.26. The van der Waals surface area contributed by atoms with Crippen LogP contribution in [0.3, 0.4) is 0 Å². The minimum Gasteiger partial charge on any atom is -0.413 e. The molecule has 0 bridgehead atoms. The second kappa shape index (κ2) is 7.73. The highest BCUT2D eigenvalue weighted by Gasteiger charge is 2.36. The van der Waals surface area contributed by atoms with Crippen LogP contribution in [-0.4, -0.2) is 33.9 Å². The van der Waals surface area contributed by atoms with Gasteiger partial charge in [0.25, 0.3) is 0 Å². The molecule has 0 saturated carbocycles. The van der Waals surface area contributed by atoms with Crippen molar-refractivity contribution >= 4 is 8.32 Å². The van der Waals surface area contributed by atoms with Gasteiger partial charge in [-0.1, -0.05) is 32.9 Å². The highest BCUT2D eigenvalue weighted by atomic mass is 28.4. The molecule has 0 radical (unpaired) electrons. The van der Waals surface area contributed by atoms with Crippen LogP contribution in [0.5, 0.6) is 0 Å². The van der Waals surface area contributed by atoms with Crippen LogP contribution in [0.15, 0.2) is 12.2 Å². The van der Waals surface area contributed by atoms with Gasteiger partial charge in [0.1, 0.15) is 0 Å². The van der Waals surface area contributed by atoms with Crippen molar-refractivity contribution in [2.45, 2.75) is 77.5 Å². The van der Waals surface area contributed by atoms with E-state index in [4.69, 9.17) is 13.9 Å². The average molecular weight is 301 g/mol. The van der Waals surface area contributed by atoms with Crippen molar-refractivity contribution in [3.8, 4) is 0 Å². The fraction of sp³-hybridized carbons (Fsp3) is 0.875. The zero-order valence-corrected chi connectivity index (χ0v) is 15.1. The van der Waals surface area contributed by atoms with Crippen molar-refractivity contribution < 1.29 is 13.9 Å². The Morgan fingerprint density at radius 1 is 1.30 bits per heavy atom. The molecule has 1 aliphatic heterocycles. The van der Waals surface area contributed by atoms with E-state index in [-0.39, 0.29) is 17.4 Å². The van der Waals surface area contributed by atoms with E-state index in [1.54, 1.807) is 0 Å². The normalized spacial score (nSPS) is 23.2. The third-order valence-corrected chi connectivity index (χ3v) is 8.76. The van der Waals surface area contributed by atoms with Crippen molar-refractivity contribution in [2.75, 3.05) is 13.2 Å². The molecule has 0 aromatic heterocycles. The van der Waals surface area contributed by atoms with Gasteiger partial charge in [0.15, 0.2) is 14.6 Å². The van der Waals surface area contributed by atoms with E-state index in [1.165, 1.54) is 6.42 Å². The summed E-state index contributed by atoms with van der Waals surface area (Å²) in [5.74, 6) is 0. The average Bonchev–Trinajstić information content (AvgIpc) is 2.34. The summed E-state index contributed by atoms with van der Waals surface area (Å²) in [5, 5.41) is 0.263. The Balaban J connectivity index is 2.26. The van der Waals surface area contributed by atoms with Crippen molar-refractivity contribution in [1.82, 2.24) is 0 Å². The summed E-state index contributed by atoms with van der Waals surface area (Å²) in [6, 6.07) is 0. The predicted octanol–water partition coefficient (Wildman–Crippen LogP) is 4.50. The first-order valence-corrected chi connectivity index (χ1v) is 10.7. The lowest BCUT2D eigenvalue weighted by Crippen LogP contribution is -2.40. The molecule has 1 heterocycles. The monoisotopic (exact) mass is 300 g/mol. The van der Waals surface area contributed by atoms with E-state index in [0.29, 0.717) is 6.61 Å². The van der Waals surface area contributed by atoms with Crippen LogP contribution in [0.25, 0.3) is 0 Å². The van der Waals surface area contributed by atoms with Gasteiger partial charge in [0, 0.05) is 6.61 Å². The van der Waals surface area contributed by atoms with Gasteiger partial charge in [0.05, 0.1) is 12.7 Å². The molecule has 0 N–H and O–H groups in total. The van der Waals surface area contributed by atoms with E-state index in [0.717, 1.165) is 19.4 Å². The van der Waals surface area contributed by atoms with Gasteiger partial charge < -0.3 is 13.9 Å². The minimum absolute atomic E-state index is 0.0234. The molecule has 0 aliphatic carbocycles. The zero-order valence-electron chi connectivity index (χ0n) is 14.1. The standard InChI is InChI=1S/C16H32O3Si/c1-14(19-15-11-7-8-12-17-15)10-9-13-18-20(5,6)16(2,3)4/h9-10,14-15H,7-8,11-13H2,1-6H3/t14-,15?/m0/s1. The van der Waals surface area contributed by atoms with Gasteiger partial charge in [-0.15, -0.1) is 0 Å². The van der Waals surface area contributed by atoms with Gasteiger partial charge in [-0.3, -0.25) is 0 Å². The number of rotatable bonds is 6. The van der Waals surface area contributed by atoms with E-state index >= 15 is 0 Å². The second-order valence-corrected chi connectivity index (χ2v) is 11.9. The van der Waals surface area contributed by atoms with Crippen LogP contribution in [0.4, 0.5) is 0 Å². The van der Waals surface area contributed by atoms with Gasteiger partial charge in [0.2, 0.25) is 0 Å². The summed E-state index contributed by atoms with van der Waals surface area (Å²) in [7, 11) is -1.64. The van der Waals surface area contributed by atoms with Gasteiger partial charge in [-0.25, -0.2) is 0 Å². The molecule has 3 nitrogen and oxygen atoms in total. The first-order chi connectivity index (χ1) is 9.22. The molecule has 0 spiro atoms. The van der Waals surface area contributed by atoms with Crippen molar-refractivity contribution in [3.05, 3.63) is 12.2 Å². The summed E-state index contributed by atoms with van der Waals surface area (Å²) in [6.07, 6.45) is 7.59. The van der Waals surface area contributed by atoms with Crippen LogP contribution < -0.4 is 0 Å². The maximum Gasteiger partial charge on any atom is 0.192 e. The summed E-state index contributed by atoms with van der Waals surface area (Å²) in [5.41, 5.74) is 0. The van der Waals surface area contributed by atoms with Crippen LogP contribution in [0.2, 0.25) is 18.1 Å². The Kier molecular flexibility index (Phi) is 6.92. The first kappa shape index (κ1) is 17.9. The summed E-state index contributed by atoms with van der Waals surface area (Å²) < 4.78 is 17.5. The Hall–Kier alpha value is -0.163. The molecule has 2 atom stereocenters. The Morgan fingerprint density at radius 2 is 2.00 bits per heavy atom. The maximum atomic E-state index is 6.10. The second-order valence-electron chi connectivity index (χ2n) is 7.14. The van der Waals surface area contributed by atoms with Crippen LogP contribution in [-0.2, 0) is 13.9 Å². The maximum absolute atomic E-state index is 6.10. The molecule has 1 unspecified atom stereocenters. The molecule has 1 aliphatic rings. The molecule has 118 valence electrons. The highest BCUT2D eigenvalue weighted by Crippen LogP contribution is 2.36. The lowest BCUT2D eigenvalue weighted by molar-refractivity contribution is -0.175. The highest BCUT2D eigenvalue weighted by molar-refractivity contribution is 6.74. The number of ether oxygens (including phenoxy) is 2. The van der Waals surface area contributed by atoms with E-state index in [2.05, 4.69) is 52.9 Å². The molecule has 0 aromatic rings. The molecular weight excluding hydrogens is 268 g/mol. The molecule has 1 rings (SSSR count). The summed E-state index contributed by atoms with van der Waals surface area (Å²) in [4.78, 5) is 0. The van der Waals surface area contributed by atoms with Crippen LogP contribution in [0, 0.1) is 0 Å². The Morgan fingerprint density at radius 3 is 2.55 bits per heavy atom.